The number of aryl methyl sites for hydroxylation is 2. The Balaban J connectivity index is 1.15. The van der Waals surface area contributed by atoms with Gasteiger partial charge in [-0.05, 0) is 24.0 Å². The molecule has 0 saturated carbocycles. The van der Waals surface area contributed by atoms with Gasteiger partial charge < -0.3 is 5.32 Å². The van der Waals surface area contributed by atoms with Gasteiger partial charge in [0, 0.05) is 19.3 Å². The molecule has 2 aromatic heterocycles. The van der Waals surface area contributed by atoms with E-state index in [-0.39, 0.29) is 11.7 Å². The fourth-order valence-corrected chi connectivity index (χ4v) is 5.13. The third kappa shape index (κ3) is 7.64. The first-order valence-corrected chi connectivity index (χ1v) is 12.8. The number of unbranched alkanes of at least 4 members (excludes halogenated alkanes) is 1. The lowest BCUT2D eigenvalue weighted by Crippen LogP contribution is -2.14. The number of carbonyl (C=O) groups excluding carboxylic acids is 2. The second-order valence-corrected chi connectivity index (χ2v) is 10.1. The van der Waals surface area contributed by atoms with E-state index in [4.69, 9.17) is 0 Å². The maximum absolute atomic E-state index is 12.3. The standard InChI is InChI=1S/C25H25N5O2S2/c31-20(15-18-9-3-1-4-10-18)17-24-29-27-22(33-24)13-7-8-14-23-28-30-25(34-23)26-21(32)16-19-11-5-2-6-12-19/h1-6,9-12H,7-8,13-17H2,(H,26,30,32). The lowest BCUT2D eigenvalue weighted by Gasteiger charge is -2.00. The normalized spacial score (nSPS) is 10.8. The van der Waals surface area contributed by atoms with Crippen molar-refractivity contribution in [3.8, 4) is 0 Å². The number of hydrogen-bond acceptors (Lipinski definition) is 8. The molecule has 0 unspecified atom stereocenters. The average Bonchev–Trinajstić information content (AvgIpc) is 3.47. The second-order valence-electron chi connectivity index (χ2n) is 7.89. The van der Waals surface area contributed by atoms with Gasteiger partial charge in [-0.15, -0.1) is 31.7 Å². The number of rotatable bonds is 12. The molecule has 2 aromatic carbocycles. The van der Waals surface area contributed by atoms with Crippen LogP contribution in [0.2, 0.25) is 0 Å². The van der Waals surface area contributed by atoms with Gasteiger partial charge in [0.05, 0.1) is 12.8 Å². The van der Waals surface area contributed by atoms with Gasteiger partial charge in [0.2, 0.25) is 11.0 Å². The fourth-order valence-electron chi connectivity index (χ4n) is 3.42. The third-order valence-electron chi connectivity index (χ3n) is 5.05. The number of benzene rings is 2. The highest BCUT2D eigenvalue weighted by Gasteiger charge is 2.12. The van der Waals surface area contributed by atoms with E-state index in [1.165, 1.54) is 22.7 Å². The van der Waals surface area contributed by atoms with Gasteiger partial charge in [0.15, 0.2) is 0 Å². The SMILES string of the molecule is O=C(Cc1ccccc1)Cc1nnc(CCCCc2nnc(NC(=O)Cc3ccccc3)s2)s1. The number of carbonyl (C=O) groups is 2. The molecule has 4 rings (SSSR count). The molecule has 0 bridgehead atoms. The summed E-state index contributed by atoms with van der Waals surface area (Å²) in [6.07, 6.45) is 4.58. The van der Waals surface area contributed by atoms with E-state index in [9.17, 15) is 9.59 Å². The van der Waals surface area contributed by atoms with Crippen LogP contribution in [0.25, 0.3) is 0 Å². The summed E-state index contributed by atoms with van der Waals surface area (Å²) in [5.41, 5.74) is 1.98. The first kappa shape index (κ1) is 23.8. The molecule has 1 N–H and O–H groups in total. The molecule has 7 nitrogen and oxygen atoms in total. The van der Waals surface area contributed by atoms with E-state index >= 15 is 0 Å². The number of anilines is 1. The number of amides is 1. The first-order valence-electron chi connectivity index (χ1n) is 11.2. The highest BCUT2D eigenvalue weighted by atomic mass is 32.1. The van der Waals surface area contributed by atoms with Crippen molar-refractivity contribution in [2.75, 3.05) is 5.32 Å². The number of Topliss-reactive ketones (excluding diaryl/α,β-unsaturated/α-hetero) is 1. The smallest absolute Gasteiger partial charge is 0.230 e. The van der Waals surface area contributed by atoms with Crippen LogP contribution >= 0.6 is 22.7 Å². The van der Waals surface area contributed by atoms with Crippen LogP contribution < -0.4 is 5.32 Å². The van der Waals surface area contributed by atoms with Crippen molar-refractivity contribution in [3.63, 3.8) is 0 Å². The zero-order chi connectivity index (χ0) is 23.6. The van der Waals surface area contributed by atoms with E-state index in [0.29, 0.717) is 24.4 Å². The van der Waals surface area contributed by atoms with Crippen molar-refractivity contribution in [2.24, 2.45) is 0 Å². The van der Waals surface area contributed by atoms with E-state index in [1.807, 2.05) is 60.7 Å². The predicted molar refractivity (Wildman–Crippen MR) is 134 cm³/mol. The monoisotopic (exact) mass is 491 g/mol. The Bertz CT molecular complexity index is 1110. The molecule has 174 valence electrons. The first-order chi connectivity index (χ1) is 16.6. The Morgan fingerprint density at radius 3 is 1.88 bits per heavy atom. The van der Waals surface area contributed by atoms with Gasteiger partial charge in [0.25, 0.3) is 0 Å². The van der Waals surface area contributed by atoms with Crippen LogP contribution in [0.3, 0.4) is 0 Å². The van der Waals surface area contributed by atoms with Crippen molar-refractivity contribution >= 4 is 39.5 Å². The molecule has 0 radical (unpaired) electrons. The fraction of sp³-hybridized carbons (Fsp3) is 0.280. The van der Waals surface area contributed by atoms with E-state index in [1.54, 1.807) is 0 Å². The van der Waals surface area contributed by atoms with E-state index < -0.39 is 0 Å². The topological polar surface area (TPSA) is 97.7 Å². The highest BCUT2D eigenvalue weighted by molar-refractivity contribution is 7.15. The lowest BCUT2D eigenvalue weighted by molar-refractivity contribution is -0.118. The number of hydrogen-bond donors (Lipinski definition) is 1. The van der Waals surface area contributed by atoms with Crippen LogP contribution in [0.15, 0.2) is 60.7 Å². The maximum Gasteiger partial charge on any atom is 0.230 e. The summed E-state index contributed by atoms with van der Waals surface area (Å²) in [6, 6.07) is 19.4. The number of aromatic nitrogens is 4. The van der Waals surface area contributed by atoms with Gasteiger partial charge in [0.1, 0.15) is 20.8 Å². The van der Waals surface area contributed by atoms with Crippen LogP contribution in [0.5, 0.6) is 0 Å². The average molecular weight is 492 g/mol. The Morgan fingerprint density at radius 1 is 0.647 bits per heavy atom. The molecular weight excluding hydrogens is 466 g/mol. The highest BCUT2D eigenvalue weighted by Crippen LogP contribution is 2.19. The minimum atomic E-state index is -0.0942. The summed E-state index contributed by atoms with van der Waals surface area (Å²) in [6.45, 7) is 0. The van der Waals surface area contributed by atoms with Crippen LogP contribution in [0.4, 0.5) is 5.13 Å². The molecule has 0 spiro atoms. The van der Waals surface area contributed by atoms with Crippen molar-refractivity contribution in [1.82, 2.24) is 20.4 Å². The van der Waals surface area contributed by atoms with Crippen molar-refractivity contribution in [1.29, 1.82) is 0 Å². The Morgan fingerprint density at radius 2 is 1.21 bits per heavy atom. The Hall–Kier alpha value is -3.30. The van der Waals surface area contributed by atoms with Crippen LogP contribution in [0.1, 0.15) is 39.0 Å². The Kier molecular flexibility index (Phi) is 8.59. The van der Waals surface area contributed by atoms with Crippen molar-refractivity contribution in [2.45, 2.75) is 44.9 Å². The molecule has 1 amide bonds. The molecule has 0 aliphatic rings. The molecule has 0 saturated heterocycles. The number of ketones is 1. The molecule has 0 fully saturated rings. The lowest BCUT2D eigenvalue weighted by atomic mass is 10.1. The molecule has 9 heteroatoms. The van der Waals surface area contributed by atoms with E-state index in [2.05, 4.69) is 25.7 Å². The molecule has 2 heterocycles. The molecule has 4 aromatic rings. The van der Waals surface area contributed by atoms with Gasteiger partial charge in [-0.25, -0.2) is 0 Å². The zero-order valence-electron chi connectivity index (χ0n) is 18.6. The molecule has 34 heavy (non-hydrogen) atoms. The third-order valence-corrected chi connectivity index (χ3v) is 6.93. The summed E-state index contributed by atoms with van der Waals surface area (Å²) in [5, 5.41) is 22.7. The number of nitrogens with zero attached hydrogens (tertiary/aromatic N) is 4. The predicted octanol–water partition coefficient (Wildman–Crippen LogP) is 4.49. The van der Waals surface area contributed by atoms with Gasteiger partial charge in [-0.1, -0.05) is 72.0 Å². The van der Waals surface area contributed by atoms with Gasteiger partial charge in [-0.2, -0.15) is 0 Å². The molecular formula is C25H25N5O2S2. The summed E-state index contributed by atoms with van der Waals surface area (Å²) in [5.74, 6) is 0.0556. The molecule has 0 atom stereocenters. The van der Waals surface area contributed by atoms with Crippen molar-refractivity contribution < 1.29 is 9.59 Å². The quantitative estimate of drug-likeness (QED) is 0.293. The zero-order valence-corrected chi connectivity index (χ0v) is 20.3. The maximum atomic E-state index is 12.3. The van der Waals surface area contributed by atoms with Gasteiger partial charge in [-0.3, -0.25) is 9.59 Å². The van der Waals surface area contributed by atoms with Crippen LogP contribution in [-0.2, 0) is 41.7 Å². The van der Waals surface area contributed by atoms with E-state index in [0.717, 1.165) is 51.8 Å². The summed E-state index contributed by atoms with van der Waals surface area (Å²) < 4.78 is 0. The summed E-state index contributed by atoms with van der Waals surface area (Å²) in [4.78, 5) is 24.4. The van der Waals surface area contributed by atoms with Crippen molar-refractivity contribution in [3.05, 3.63) is 86.8 Å². The summed E-state index contributed by atoms with van der Waals surface area (Å²) >= 11 is 2.93. The summed E-state index contributed by atoms with van der Waals surface area (Å²) in [7, 11) is 0. The van der Waals surface area contributed by atoms with Crippen LogP contribution in [0, 0.1) is 0 Å². The molecule has 0 aliphatic heterocycles. The second kappa shape index (κ2) is 12.2. The minimum Gasteiger partial charge on any atom is -0.300 e. The largest absolute Gasteiger partial charge is 0.300 e. The minimum absolute atomic E-state index is 0.0942. The van der Waals surface area contributed by atoms with Crippen LogP contribution in [-0.4, -0.2) is 32.1 Å². The molecule has 0 aliphatic carbocycles. The Labute approximate surface area is 206 Å². The number of nitrogens with one attached hydrogen (secondary N) is 1. The van der Waals surface area contributed by atoms with Gasteiger partial charge >= 0.3 is 0 Å².